The number of carbonyl (C=O) groups excluding carboxylic acids is 1. The number of carbonyl (C=O) groups is 1. The van der Waals surface area contributed by atoms with Crippen LogP contribution in [0.1, 0.15) is 43.7 Å². The third-order valence-electron chi connectivity index (χ3n) is 6.37. The van der Waals surface area contributed by atoms with Crippen molar-refractivity contribution < 1.29 is 18.9 Å². The summed E-state index contributed by atoms with van der Waals surface area (Å²) in [7, 11) is 0. The summed E-state index contributed by atoms with van der Waals surface area (Å²) in [6.07, 6.45) is 1.22. The molecule has 0 spiro atoms. The lowest BCUT2D eigenvalue weighted by Gasteiger charge is -2.26. The average Bonchev–Trinajstić information content (AvgIpc) is 3.47. The van der Waals surface area contributed by atoms with Gasteiger partial charge in [-0.2, -0.15) is 0 Å². The van der Waals surface area contributed by atoms with Gasteiger partial charge in [-0.15, -0.1) is 0 Å². The van der Waals surface area contributed by atoms with E-state index in [-0.39, 0.29) is 22.9 Å². The number of aryl methyl sites for hydroxylation is 1. The number of hydrogen-bond donors (Lipinski definition) is 0. The Morgan fingerprint density at radius 3 is 2.65 bits per heavy atom. The average molecular weight is 578 g/mol. The van der Waals surface area contributed by atoms with Crippen LogP contribution in [0.3, 0.4) is 0 Å². The first-order valence-corrected chi connectivity index (χ1v) is 13.6. The molecule has 4 aromatic rings. The number of halogens is 1. The first-order chi connectivity index (χ1) is 19.0. The van der Waals surface area contributed by atoms with Gasteiger partial charge in [-0.1, -0.05) is 53.3 Å². The number of nitrogens with zero attached hydrogens (tertiary/aromatic N) is 3. The van der Waals surface area contributed by atoms with Gasteiger partial charge in [-0.3, -0.25) is 19.5 Å². The highest BCUT2D eigenvalue weighted by Crippen LogP contribution is 2.35. The number of nitro benzene ring substituents is 1. The molecule has 0 radical (unpaired) electrons. The number of furan rings is 1. The number of benzene rings is 2. The minimum absolute atomic E-state index is 0.00880. The number of thiazole rings is 1. The Labute approximate surface area is 237 Å². The molecule has 204 valence electrons. The molecule has 0 saturated carbocycles. The number of hydrogen-bond acceptors (Lipinski definition) is 8. The van der Waals surface area contributed by atoms with Crippen molar-refractivity contribution in [2.45, 2.75) is 39.8 Å². The fourth-order valence-corrected chi connectivity index (χ4v) is 5.79. The van der Waals surface area contributed by atoms with Crippen molar-refractivity contribution in [1.29, 1.82) is 0 Å². The van der Waals surface area contributed by atoms with Crippen molar-refractivity contribution in [2.24, 2.45) is 4.99 Å². The highest BCUT2D eigenvalue weighted by atomic mass is 35.5. The Morgan fingerprint density at radius 1 is 1.20 bits per heavy atom. The van der Waals surface area contributed by atoms with E-state index < -0.39 is 16.9 Å². The fourth-order valence-electron chi connectivity index (χ4n) is 4.53. The van der Waals surface area contributed by atoms with E-state index in [2.05, 4.69) is 4.99 Å². The van der Waals surface area contributed by atoms with Crippen LogP contribution >= 0.6 is 22.9 Å². The summed E-state index contributed by atoms with van der Waals surface area (Å²) >= 11 is 7.71. The number of ether oxygens (including phenoxy) is 1. The molecule has 11 heteroatoms. The highest BCUT2D eigenvalue weighted by Gasteiger charge is 2.34. The summed E-state index contributed by atoms with van der Waals surface area (Å²) in [6.45, 7) is 6.87. The first kappa shape index (κ1) is 27.3. The van der Waals surface area contributed by atoms with Crippen LogP contribution in [0.2, 0.25) is 5.02 Å². The zero-order valence-electron chi connectivity index (χ0n) is 22.0. The van der Waals surface area contributed by atoms with Crippen molar-refractivity contribution in [2.75, 3.05) is 0 Å². The minimum atomic E-state index is -0.835. The molecule has 0 amide bonds. The number of aromatic nitrogens is 1. The molecule has 0 aliphatic carbocycles. The molecule has 0 fully saturated rings. The maximum atomic E-state index is 13.8. The number of fused-ring (bicyclic) bond motifs is 1. The van der Waals surface area contributed by atoms with Crippen LogP contribution in [0.5, 0.6) is 0 Å². The summed E-state index contributed by atoms with van der Waals surface area (Å²) < 4.78 is 13.2. The lowest BCUT2D eigenvalue weighted by atomic mass is 9.96. The van der Waals surface area contributed by atoms with Crippen molar-refractivity contribution in [1.82, 2.24) is 4.57 Å². The Balaban J connectivity index is 1.62. The predicted octanol–water partition coefficient (Wildman–Crippen LogP) is 5.32. The zero-order chi connectivity index (χ0) is 28.7. The van der Waals surface area contributed by atoms with E-state index >= 15 is 0 Å². The van der Waals surface area contributed by atoms with Gasteiger partial charge in [0, 0.05) is 28.3 Å². The van der Waals surface area contributed by atoms with Gasteiger partial charge >= 0.3 is 5.97 Å². The van der Waals surface area contributed by atoms with E-state index in [1.54, 1.807) is 82.3 Å². The lowest BCUT2D eigenvalue weighted by Crippen LogP contribution is -2.40. The van der Waals surface area contributed by atoms with Crippen LogP contribution in [-0.4, -0.2) is 21.6 Å². The molecule has 1 unspecified atom stereocenters. The molecule has 40 heavy (non-hydrogen) atoms. The van der Waals surface area contributed by atoms with Crippen LogP contribution in [0, 0.1) is 17.0 Å². The quantitative estimate of drug-likeness (QED) is 0.174. The topological polar surface area (TPSA) is 117 Å². The maximum absolute atomic E-state index is 13.8. The second kappa shape index (κ2) is 10.7. The van der Waals surface area contributed by atoms with Gasteiger partial charge in [-0.05, 0) is 51.5 Å². The van der Waals surface area contributed by atoms with Crippen LogP contribution < -0.4 is 14.9 Å². The van der Waals surface area contributed by atoms with Gasteiger partial charge in [0.25, 0.3) is 11.2 Å². The molecule has 0 N–H and O–H groups in total. The molecule has 0 bridgehead atoms. The predicted molar refractivity (Wildman–Crippen MR) is 152 cm³/mol. The molecule has 9 nitrogen and oxygen atoms in total. The SMILES string of the molecule is CC1=C(C(=O)OC(C)C)C(c2ccccc2Cl)n2c(sc(=Cc3ccc(-c4ccc(C)c([N+](=O)[O-])c4)o3)c2=O)=N1. The van der Waals surface area contributed by atoms with Crippen molar-refractivity contribution in [3.63, 3.8) is 0 Å². The Hall–Kier alpha value is -4.28. The maximum Gasteiger partial charge on any atom is 0.338 e. The molecule has 1 atom stereocenters. The van der Waals surface area contributed by atoms with E-state index in [1.165, 1.54) is 10.6 Å². The van der Waals surface area contributed by atoms with Gasteiger partial charge in [0.15, 0.2) is 4.80 Å². The largest absolute Gasteiger partial charge is 0.459 e. The van der Waals surface area contributed by atoms with Gasteiger partial charge in [0.2, 0.25) is 0 Å². The van der Waals surface area contributed by atoms with Crippen LogP contribution in [0.25, 0.3) is 17.4 Å². The smallest absolute Gasteiger partial charge is 0.338 e. The monoisotopic (exact) mass is 577 g/mol. The molecule has 1 aliphatic heterocycles. The molecule has 2 aromatic carbocycles. The van der Waals surface area contributed by atoms with Crippen LogP contribution in [-0.2, 0) is 9.53 Å². The summed E-state index contributed by atoms with van der Waals surface area (Å²) in [4.78, 5) is 42.9. The van der Waals surface area contributed by atoms with Crippen molar-refractivity contribution >= 4 is 40.7 Å². The Kier molecular flexibility index (Phi) is 7.31. The standard InChI is InChI=1S/C29H24ClN3O6S/c1-15(2)38-28(35)25-17(4)31-29-32(26(25)20-7-5-6-8-21(20)30)27(34)24(40-29)14-19-11-12-23(39-19)18-10-9-16(3)22(13-18)33(36)37/h5-15,26H,1-4H3. The molecule has 5 rings (SSSR count). The zero-order valence-corrected chi connectivity index (χ0v) is 23.6. The number of rotatable bonds is 6. The molecule has 0 saturated heterocycles. The van der Waals surface area contributed by atoms with E-state index in [9.17, 15) is 19.7 Å². The minimum Gasteiger partial charge on any atom is -0.459 e. The number of nitro groups is 1. The summed E-state index contributed by atoms with van der Waals surface area (Å²) in [5, 5.41) is 11.8. The fraction of sp³-hybridized carbons (Fsp3) is 0.207. The first-order valence-electron chi connectivity index (χ1n) is 12.4. The van der Waals surface area contributed by atoms with Gasteiger partial charge in [0.05, 0.1) is 26.8 Å². The van der Waals surface area contributed by atoms with Gasteiger partial charge in [0.1, 0.15) is 17.6 Å². The lowest BCUT2D eigenvalue weighted by molar-refractivity contribution is -0.385. The van der Waals surface area contributed by atoms with E-state index in [0.717, 1.165) is 11.3 Å². The second-order valence-corrected chi connectivity index (χ2v) is 10.9. The summed E-state index contributed by atoms with van der Waals surface area (Å²) in [5.41, 5.74) is 1.95. The molecule has 2 aromatic heterocycles. The van der Waals surface area contributed by atoms with Gasteiger partial charge in [-0.25, -0.2) is 9.79 Å². The summed E-state index contributed by atoms with van der Waals surface area (Å²) in [6, 6.07) is 14.4. The Morgan fingerprint density at radius 2 is 1.95 bits per heavy atom. The summed E-state index contributed by atoms with van der Waals surface area (Å²) in [5.74, 6) is 0.233. The van der Waals surface area contributed by atoms with E-state index in [0.29, 0.717) is 48.3 Å². The van der Waals surface area contributed by atoms with E-state index in [1.807, 2.05) is 0 Å². The second-order valence-electron chi connectivity index (χ2n) is 9.52. The Bertz CT molecular complexity index is 1880. The van der Waals surface area contributed by atoms with Crippen LogP contribution in [0.15, 0.2) is 80.1 Å². The highest BCUT2D eigenvalue weighted by molar-refractivity contribution is 7.07. The van der Waals surface area contributed by atoms with E-state index in [4.69, 9.17) is 20.8 Å². The van der Waals surface area contributed by atoms with Gasteiger partial charge < -0.3 is 9.15 Å². The molecular formula is C29H24ClN3O6S. The van der Waals surface area contributed by atoms with Crippen molar-refractivity contribution in [3.8, 4) is 11.3 Å². The molecule has 1 aliphatic rings. The molecular weight excluding hydrogens is 554 g/mol. The number of allylic oxidation sites excluding steroid dienone is 1. The number of esters is 1. The molecule has 3 heterocycles. The normalized spacial score (nSPS) is 15.2. The third-order valence-corrected chi connectivity index (χ3v) is 7.70. The van der Waals surface area contributed by atoms with Crippen LogP contribution in [0.4, 0.5) is 5.69 Å². The third kappa shape index (κ3) is 5.03. The van der Waals surface area contributed by atoms with Crippen molar-refractivity contribution in [3.05, 3.63) is 118 Å².